The summed E-state index contributed by atoms with van der Waals surface area (Å²) in [4.78, 5) is 9.67. The van der Waals surface area contributed by atoms with Crippen molar-refractivity contribution in [3.8, 4) is 22.5 Å². The number of H-pyrrole nitrogens is 1. The predicted octanol–water partition coefficient (Wildman–Crippen LogP) is 4.72. The molecule has 3 heterocycles. The number of tetrazole rings is 1. The van der Waals surface area contributed by atoms with E-state index < -0.39 is 0 Å². The molecule has 1 saturated carbocycles. The molecule has 1 fully saturated rings. The van der Waals surface area contributed by atoms with E-state index in [1.54, 1.807) is 0 Å². The van der Waals surface area contributed by atoms with Crippen LogP contribution in [0.1, 0.15) is 49.4 Å². The molecule has 0 atom stereocenters. The number of benzene rings is 2. The van der Waals surface area contributed by atoms with E-state index in [1.165, 1.54) is 24.8 Å². The number of hydrogen-bond acceptors (Lipinski definition) is 10. The lowest BCUT2D eigenvalue weighted by Crippen LogP contribution is -2.22. The third-order valence-corrected chi connectivity index (χ3v) is 8.50. The Morgan fingerprint density at radius 3 is 2.13 bits per heavy atom. The second kappa shape index (κ2) is 14.1. The molecule has 45 heavy (non-hydrogen) atoms. The minimum atomic E-state index is 0.414. The SMILES string of the molecule is CN(C)CCNc1nnc(NCCN(C)C)c2c1nc(C1CCCCC1)n2Cc1ccc(-c2ccccc2-c2nnn[nH]2)cc1. The quantitative estimate of drug-likeness (QED) is 0.173. The number of rotatable bonds is 13. The van der Waals surface area contributed by atoms with Gasteiger partial charge in [-0.3, -0.25) is 0 Å². The maximum Gasteiger partial charge on any atom is 0.180 e. The molecule has 0 spiro atoms. The van der Waals surface area contributed by atoms with Crippen molar-refractivity contribution in [2.75, 3.05) is 65.0 Å². The summed E-state index contributed by atoms with van der Waals surface area (Å²) in [7, 11) is 8.31. The largest absolute Gasteiger partial charge is 0.365 e. The number of aromatic amines is 1. The number of imidazole rings is 1. The van der Waals surface area contributed by atoms with Gasteiger partial charge in [-0.1, -0.05) is 67.8 Å². The van der Waals surface area contributed by atoms with Gasteiger partial charge in [0.25, 0.3) is 0 Å². The third-order valence-electron chi connectivity index (χ3n) is 8.50. The predicted molar refractivity (Wildman–Crippen MR) is 179 cm³/mol. The highest BCUT2D eigenvalue weighted by atomic mass is 15.5. The van der Waals surface area contributed by atoms with Crippen LogP contribution in [0.15, 0.2) is 48.5 Å². The lowest BCUT2D eigenvalue weighted by Gasteiger charge is -2.23. The van der Waals surface area contributed by atoms with Crippen molar-refractivity contribution in [2.24, 2.45) is 0 Å². The molecule has 5 aromatic rings. The summed E-state index contributed by atoms with van der Waals surface area (Å²) in [6.07, 6.45) is 6.08. The first-order chi connectivity index (χ1) is 22.0. The van der Waals surface area contributed by atoms with E-state index in [1.807, 2.05) is 18.2 Å². The molecule has 0 aliphatic heterocycles. The van der Waals surface area contributed by atoms with Crippen LogP contribution in [-0.4, -0.2) is 105 Å². The summed E-state index contributed by atoms with van der Waals surface area (Å²) in [5.41, 5.74) is 6.27. The van der Waals surface area contributed by atoms with Gasteiger partial charge in [0.2, 0.25) is 0 Å². The van der Waals surface area contributed by atoms with Crippen molar-refractivity contribution in [3.05, 3.63) is 59.9 Å². The molecule has 3 aromatic heterocycles. The van der Waals surface area contributed by atoms with E-state index in [9.17, 15) is 0 Å². The first-order valence-electron chi connectivity index (χ1n) is 15.9. The van der Waals surface area contributed by atoms with E-state index in [2.05, 4.69) is 109 Å². The first kappa shape index (κ1) is 30.6. The Morgan fingerprint density at radius 2 is 1.47 bits per heavy atom. The Morgan fingerprint density at radius 1 is 0.800 bits per heavy atom. The second-order valence-electron chi connectivity index (χ2n) is 12.4. The number of fused-ring (bicyclic) bond motifs is 1. The van der Waals surface area contributed by atoms with Crippen molar-refractivity contribution >= 4 is 22.7 Å². The van der Waals surface area contributed by atoms with Gasteiger partial charge >= 0.3 is 0 Å². The minimum absolute atomic E-state index is 0.414. The normalized spacial score (nSPS) is 14.1. The van der Waals surface area contributed by atoms with Crippen molar-refractivity contribution in [1.29, 1.82) is 0 Å². The lowest BCUT2D eigenvalue weighted by molar-refractivity contribution is 0.420. The highest BCUT2D eigenvalue weighted by Crippen LogP contribution is 2.37. The second-order valence-corrected chi connectivity index (χ2v) is 12.4. The fraction of sp³-hybridized carbons (Fsp3) is 0.455. The third kappa shape index (κ3) is 7.12. The fourth-order valence-electron chi connectivity index (χ4n) is 6.12. The Kier molecular flexibility index (Phi) is 9.61. The monoisotopic (exact) mass is 608 g/mol. The van der Waals surface area contributed by atoms with Gasteiger partial charge in [0, 0.05) is 44.2 Å². The van der Waals surface area contributed by atoms with Crippen LogP contribution in [0.25, 0.3) is 33.5 Å². The van der Waals surface area contributed by atoms with Crippen molar-refractivity contribution in [3.63, 3.8) is 0 Å². The fourth-order valence-corrected chi connectivity index (χ4v) is 6.12. The summed E-state index contributed by atoms with van der Waals surface area (Å²) in [6.45, 7) is 4.01. The van der Waals surface area contributed by atoms with Gasteiger partial charge in [0.05, 0.1) is 0 Å². The van der Waals surface area contributed by atoms with Crippen LogP contribution >= 0.6 is 0 Å². The van der Waals surface area contributed by atoms with Gasteiger partial charge in [-0.2, -0.15) is 0 Å². The van der Waals surface area contributed by atoms with Gasteiger partial charge < -0.3 is 25.0 Å². The molecule has 0 bridgehead atoms. The number of nitrogens with zero attached hydrogens (tertiary/aromatic N) is 9. The molecule has 6 rings (SSSR count). The van der Waals surface area contributed by atoms with Crippen LogP contribution in [0, 0.1) is 0 Å². The van der Waals surface area contributed by atoms with E-state index >= 15 is 0 Å². The molecule has 3 N–H and O–H groups in total. The van der Waals surface area contributed by atoms with Crippen LogP contribution in [0.5, 0.6) is 0 Å². The molecule has 1 aliphatic carbocycles. The molecule has 0 saturated heterocycles. The molecule has 12 heteroatoms. The van der Waals surface area contributed by atoms with Crippen LogP contribution in [0.2, 0.25) is 0 Å². The number of hydrogen-bond donors (Lipinski definition) is 3. The average Bonchev–Trinajstić information content (AvgIpc) is 3.72. The maximum absolute atomic E-state index is 5.35. The van der Waals surface area contributed by atoms with E-state index in [4.69, 9.17) is 10.1 Å². The Bertz CT molecular complexity index is 1670. The Hall–Kier alpha value is -4.42. The number of anilines is 2. The standard InChI is InChI=1S/C33H44N12/c1-43(2)20-18-34-31-28-29(32(38-37-31)35-19-21-44(3)4)45(33(36-28)25-10-6-5-7-11-25)22-23-14-16-24(17-15-23)26-12-8-9-13-27(26)30-39-41-42-40-30/h8-9,12-17,25H,5-7,10-11,18-22H2,1-4H3,(H,34,37)(H,35,38)(H,39,40,41,42). The number of likely N-dealkylation sites (N-methyl/N-ethyl adjacent to an activating group) is 2. The van der Waals surface area contributed by atoms with Crippen LogP contribution in [0.4, 0.5) is 11.6 Å². The highest BCUT2D eigenvalue weighted by Gasteiger charge is 2.26. The summed E-state index contributed by atoms with van der Waals surface area (Å²) >= 11 is 0. The first-order valence-corrected chi connectivity index (χ1v) is 15.9. The molecule has 0 amide bonds. The molecule has 0 unspecified atom stereocenters. The zero-order chi connectivity index (χ0) is 31.2. The van der Waals surface area contributed by atoms with Crippen LogP contribution in [-0.2, 0) is 6.54 Å². The average molecular weight is 609 g/mol. The number of aromatic nitrogens is 8. The summed E-state index contributed by atoms with van der Waals surface area (Å²) < 4.78 is 2.40. The topological polar surface area (TPSA) is 129 Å². The van der Waals surface area contributed by atoms with E-state index in [0.717, 1.165) is 84.2 Å². The lowest BCUT2D eigenvalue weighted by atomic mass is 9.88. The van der Waals surface area contributed by atoms with E-state index in [0.29, 0.717) is 18.3 Å². The van der Waals surface area contributed by atoms with Gasteiger partial charge in [-0.15, -0.1) is 15.3 Å². The Labute approximate surface area is 264 Å². The summed E-state index contributed by atoms with van der Waals surface area (Å²) in [6, 6.07) is 17.0. The van der Waals surface area contributed by atoms with Gasteiger partial charge in [-0.25, -0.2) is 10.1 Å². The molecule has 1 aliphatic rings. The maximum atomic E-state index is 5.35. The summed E-state index contributed by atoms with van der Waals surface area (Å²) in [5.74, 6) is 3.73. The van der Waals surface area contributed by atoms with Crippen molar-refractivity contribution in [1.82, 2.24) is 50.2 Å². The summed E-state index contributed by atoms with van der Waals surface area (Å²) in [5, 5.41) is 31.0. The van der Waals surface area contributed by atoms with Gasteiger partial charge in [0.15, 0.2) is 17.5 Å². The highest BCUT2D eigenvalue weighted by molar-refractivity contribution is 5.94. The molecule has 0 radical (unpaired) electrons. The van der Waals surface area contributed by atoms with Crippen LogP contribution in [0.3, 0.4) is 0 Å². The van der Waals surface area contributed by atoms with E-state index in [-0.39, 0.29) is 0 Å². The molecule has 12 nitrogen and oxygen atoms in total. The molecular weight excluding hydrogens is 564 g/mol. The smallest absolute Gasteiger partial charge is 0.180 e. The molecule has 2 aromatic carbocycles. The van der Waals surface area contributed by atoms with Gasteiger partial charge in [-0.05, 0) is 68.1 Å². The zero-order valence-electron chi connectivity index (χ0n) is 26.8. The van der Waals surface area contributed by atoms with Gasteiger partial charge in [0.1, 0.15) is 16.9 Å². The molecule has 236 valence electrons. The molecular formula is C33H44N12. The minimum Gasteiger partial charge on any atom is -0.365 e. The van der Waals surface area contributed by atoms with Crippen molar-refractivity contribution < 1.29 is 0 Å². The Balaban J connectivity index is 1.39. The van der Waals surface area contributed by atoms with Crippen molar-refractivity contribution in [2.45, 2.75) is 44.6 Å². The number of nitrogens with one attached hydrogen (secondary N) is 3. The van der Waals surface area contributed by atoms with Crippen LogP contribution < -0.4 is 10.6 Å². The zero-order valence-corrected chi connectivity index (χ0v) is 26.8.